The van der Waals surface area contributed by atoms with Crippen molar-refractivity contribution in [3.05, 3.63) is 65.0 Å². The Labute approximate surface area is 196 Å². The second kappa shape index (κ2) is 9.23. The molecule has 1 saturated carbocycles. The number of amides is 2. The Morgan fingerprint density at radius 2 is 1.76 bits per heavy atom. The number of carbonyl (C=O) groups excluding carboxylic acids is 2. The summed E-state index contributed by atoms with van der Waals surface area (Å²) in [5.41, 5.74) is 1.22. The fourth-order valence-electron chi connectivity index (χ4n) is 3.21. The summed E-state index contributed by atoms with van der Waals surface area (Å²) in [6, 6.07) is 14.0. The molecule has 0 radical (unpaired) electrons. The van der Waals surface area contributed by atoms with E-state index in [1.807, 2.05) is 0 Å². The lowest BCUT2D eigenvalue weighted by Crippen LogP contribution is -2.32. The van der Waals surface area contributed by atoms with Crippen LogP contribution < -0.4 is 5.32 Å². The van der Waals surface area contributed by atoms with Gasteiger partial charge in [0.05, 0.1) is 6.54 Å². The third kappa shape index (κ3) is 6.10. The van der Waals surface area contributed by atoms with E-state index in [9.17, 15) is 9.59 Å². The van der Waals surface area contributed by atoms with Crippen molar-refractivity contribution in [2.75, 3.05) is 5.32 Å². The van der Waals surface area contributed by atoms with Crippen LogP contribution in [-0.4, -0.2) is 38.7 Å². The number of hydrogen-bond donors (Lipinski definition) is 1. The molecular weight excluding hydrogens is 444 g/mol. The molecule has 8 nitrogen and oxygen atoms in total. The van der Waals surface area contributed by atoms with Gasteiger partial charge in [0.2, 0.25) is 11.8 Å². The first-order valence-corrected chi connectivity index (χ1v) is 11.0. The fourth-order valence-corrected chi connectivity index (χ4v) is 3.33. The third-order valence-corrected chi connectivity index (χ3v) is 5.14. The lowest BCUT2D eigenvalue weighted by Gasteiger charge is -2.21. The summed E-state index contributed by atoms with van der Waals surface area (Å²) in [6.07, 6.45) is 1.32. The molecule has 1 aliphatic rings. The van der Waals surface area contributed by atoms with Gasteiger partial charge >= 0.3 is 6.09 Å². The smallest absolute Gasteiger partial charge is 0.412 e. The van der Waals surface area contributed by atoms with E-state index < -0.39 is 11.7 Å². The van der Waals surface area contributed by atoms with Crippen molar-refractivity contribution in [3.63, 3.8) is 0 Å². The molecule has 0 spiro atoms. The van der Waals surface area contributed by atoms with Gasteiger partial charge in [-0.25, -0.2) is 4.79 Å². The normalized spacial score (nSPS) is 13.5. The van der Waals surface area contributed by atoms with Gasteiger partial charge in [-0.15, -0.1) is 10.2 Å². The number of anilines is 1. The summed E-state index contributed by atoms with van der Waals surface area (Å²) in [5.74, 6) is 0.610. The van der Waals surface area contributed by atoms with E-state index in [1.54, 1.807) is 74.2 Å². The second-order valence-electron chi connectivity index (χ2n) is 8.88. The lowest BCUT2D eigenvalue weighted by molar-refractivity contribution is 0.0635. The predicted molar refractivity (Wildman–Crippen MR) is 124 cm³/mol. The van der Waals surface area contributed by atoms with Gasteiger partial charge in [0, 0.05) is 27.9 Å². The maximum atomic E-state index is 13.2. The van der Waals surface area contributed by atoms with Gasteiger partial charge in [0.25, 0.3) is 5.91 Å². The summed E-state index contributed by atoms with van der Waals surface area (Å²) >= 11 is 5.93. The van der Waals surface area contributed by atoms with Crippen molar-refractivity contribution < 1.29 is 18.7 Å². The minimum Gasteiger partial charge on any atom is -0.444 e. The second-order valence-corrected chi connectivity index (χ2v) is 9.31. The SMILES string of the molecule is CC(C)(C)OC(=O)Nc1ccc(C(=O)N(Cc2nnc(-c3ccc(Cl)cc3)o2)C2CC2)cc1. The number of nitrogens with one attached hydrogen (secondary N) is 1. The van der Waals surface area contributed by atoms with Crippen molar-refractivity contribution >= 4 is 29.3 Å². The average molecular weight is 469 g/mol. The van der Waals surface area contributed by atoms with E-state index in [4.69, 9.17) is 20.8 Å². The lowest BCUT2D eigenvalue weighted by atomic mass is 10.1. The van der Waals surface area contributed by atoms with Crippen LogP contribution in [0.15, 0.2) is 52.9 Å². The molecule has 0 aliphatic heterocycles. The third-order valence-electron chi connectivity index (χ3n) is 4.89. The molecule has 1 N–H and O–H groups in total. The molecule has 0 atom stereocenters. The standard InChI is InChI=1S/C24H25ClN4O4/c1-24(2,3)33-23(31)26-18-10-6-16(7-11-18)22(30)29(19-12-13-19)14-20-27-28-21(32-20)15-4-8-17(25)9-5-15/h4-11,19H,12-14H2,1-3H3,(H,26,31). The predicted octanol–water partition coefficient (Wildman–Crippen LogP) is 5.54. The van der Waals surface area contributed by atoms with Crippen LogP contribution in [0, 0.1) is 0 Å². The minimum atomic E-state index is -0.590. The molecule has 1 aromatic heterocycles. The molecule has 0 bridgehead atoms. The van der Waals surface area contributed by atoms with Crippen molar-refractivity contribution in [3.8, 4) is 11.5 Å². The number of aromatic nitrogens is 2. The molecule has 2 aromatic carbocycles. The average Bonchev–Trinajstić information content (AvgIpc) is 3.49. The van der Waals surface area contributed by atoms with Gasteiger partial charge in [-0.3, -0.25) is 10.1 Å². The molecule has 172 valence electrons. The van der Waals surface area contributed by atoms with Crippen LogP contribution in [0.2, 0.25) is 5.02 Å². The van der Waals surface area contributed by atoms with Crippen LogP contribution in [0.4, 0.5) is 10.5 Å². The van der Waals surface area contributed by atoms with Crippen molar-refractivity contribution in [1.82, 2.24) is 15.1 Å². The van der Waals surface area contributed by atoms with E-state index in [0.717, 1.165) is 18.4 Å². The Hall–Kier alpha value is -3.39. The van der Waals surface area contributed by atoms with E-state index in [1.165, 1.54) is 0 Å². The van der Waals surface area contributed by atoms with E-state index in [-0.39, 0.29) is 18.5 Å². The number of ether oxygens (including phenoxy) is 1. The number of rotatable bonds is 6. The van der Waals surface area contributed by atoms with Gasteiger partial charge in [0.1, 0.15) is 5.60 Å². The van der Waals surface area contributed by atoms with Gasteiger partial charge in [-0.05, 0) is 82.1 Å². The largest absolute Gasteiger partial charge is 0.444 e. The summed E-state index contributed by atoms with van der Waals surface area (Å²) in [5, 5.41) is 11.5. The number of carbonyl (C=O) groups is 2. The molecule has 9 heteroatoms. The maximum Gasteiger partial charge on any atom is 0.412 e. The highest BCUT2D eigenvalue weighted by Crippen LogP contribution is 2.30. The maximum absolute atomic E-state index is 13.2. The Morgan fingerprint density at radius 1 is 1.09 bits per heavy atom. The first-order valence-electron chi connectivity index (χ1n) is 10.7. The van der Waals surface area contributed by atoms with Crippen LogP contribution >= 0.6 is 11.6 Å². The summed E-state index contributed by atoms with van der Waals surface area (Å²) in [7, 11) is 0. The monoisotopic (exact) mass is 468 g/mol. The number of hydrogen-bond acceptors (Lipinski definition) is 6. The Balaban J connectivity index is 1.43. The zero-order valence-electron chi connectivity index (χ0n) is 18.7. The fraction of sp³-hybridized carbons (Fsp3) is 0.333. The van der Waals surface area contributed by atoms with E-state index in [2.05, 4.69) is 15.5 Å². The molecule has 0 unspecified atom stereocenters. The zero-order valence-corrected chi connectivity index (χ0v) is 19.4. The summed E-state index contributed by atoms with van der Waals surface area (Å²) in [6.45, 7) is 5.61. The highest BCUT2D eigenvalue weighted by molar-refractivity contribution is 6.30. The molecule has 4 rings (SSSR count). The number of halogens is 1. The van der Waals surface area contributed by atoms with Crippen LogP contribution in [0.3, 0.4) is 0 Å². The van der Waals surface area contributed by atoms with Crippen LogP contribution in [0.1, 0.15) is 49.9 Å². The van der Waals surface area contributed by atoms with Gasteiger partial charge in [-0.2, -0.15) is 0 Å². The Bertz CT molecular complexity index is 1130. The highest BCUT2D eigenvalue weighted by atomic mass is 35.5. The topological polar surface area (TPSA) is 97.6 Å². The molecule has 33 heavy (non-hydrogen) atoms. The summed E-state index contributed by atoms with van der Waals surface area (Å²) in [4.78, 5) is 26.9. The first kappa shape index (κ1) is 22.8. The Kier molecular flexibility index (Phi) is 6.37. The molecule has 3 aromatic rings. The van der Waals surface area contributed by atoms with Crippen molar-refractivity contribution in [2.45, 2.75) is 51.8 Å². The first-order chi connectivity index (χ1) is 15.7. The zero-order chi connectivity index (χ0) is 23.6. The van der Waals surface area contributed by atoms with Gasteiger partial charge < -0.3 is 14.1 Å². The van der Waals surface area contributed by atoms with Gasteiger partial charge in [0.15, 0.2) is 0 Å². The van der Waals surface area contributed by atoms with E-state index in [0.29, 0.717) is 28.1 Å². The van der Waals surface area contributed by atoms with Crippen molar-refractivity contribution in [2.24, 2.45) is 0 Å². The molecule has 2 amide bonds. The van der Waals surface area contributed by atoms with Gasteiger partial charge in [-0.1, -0.05) is 11.6 Å². The molecule has 1 heterocycles. The van der Waals surface area contributed by atoms with Crippen LogP contribution in [-0.2, 0) is 11.3 Å². The Morgan fingerprint density at radius 3 is 2.36 bits per heavy atom. The molecule has 1 aliphatic carbocycles. The minimum absolute atomic E-state index is 0.132. The quantitative estimate of drug-likeness (QED) is 0.510. The summed E-state index contributed by atoms with van der Waals surface area (Å²) < 4.78 is 11.0. The number of benzene rings is 2. The van der Waals surface area contributed by atoms with Crippen LogP contribution in [0.5, 0.6) is 0 Å². The number of nitrogens with zero attached hydrogens (tertiary/aromatic N) is 3. The van der Waals surface area contributed by atoms with E-state index >= 15 is 0 Å². The molecule has 1 fully saturated rings. The molecule has 0 saturated heterocycles. The molecular formula is C24H25ClN4O4. The van der Waals surface area contributed by atoms with Crippen LogP contribution in [0.25, 0.3) is 11.5 Å². The highest BCUT2D eigenvalue weighted by Gasteiger charge is 2.34. The van der Waals surface area contributed by atoms with Crippen molar-refractivity contribution in [1.29, 1.82) is 0 Å².